The monoisotopic (exact) mass is 303 g/mol. The summed E-state index contributed by atoms with van der Waals surface area (Å²) in [5, 5.41) is 12.1. The summed E-state index contributed by atoms with van der Waals surface area (Å²) in [7, 11) is -0.601. The van der Waals surface area contributed by atoms with Crippen molar-refractivity contribution in [1.29, 1.82) is 0 Å². The summed E-state index contributed by atoms with van der Waals surface area (Å²) in [6, 6.07) is 4.35. The summed E-state index contributed by atoms with van der Waals surface area (Å²) >= 11 is 0. The van der Waals surface area contributed by atoms with Gasteiger partial charge in [0.2, 0.25) is 10.0 Å². The number of hydrogen-bond acceptors (Lipinski definition) is 6. The number of nitrogens with one attached hydrogen (secondary N) is 2. The van der Waals surface area contributed by atoms with Gasteiger partial charge in [-0.1, -0.05) is 0 Å². The molecule has 0 heterocycles. The maximum Gasteiger partial charge on any atom is 0.240 e. The van der Waals surface area contributed by atoms with E-state index >= 15 is 0 Å². The number of hydrogen-bond donors (Lipinski definition) is 4. The molecule has 0 radical (unpaired) electrons. The van der Waals surface area contributed by atoms with Crippen LogP contribution in [-0.4, -0.2) is 46.9 Å². The molecule has 0 aliphatic heterocycles. The van der Waals surface area contributed by atoms with Crippen LogP contribution in [-0.2, 0) is 14.8 Å². The van der Waals surface area contributed by atoms with Crippen LogP contribution < -0.4 is 15.8 Å². The van der Waals surface area contributed by atoms with Crippen molar-refractivity contribution in [3.05, 3.63) is 18.2 Å². The van der Waals surface area contributed by atoms with E-state index in [9.17, 15) is 8.42 Å². The predicted molar refractivity (Wildman–Crippen MR) is 78.1 cm³/mol. The molecule has 0 saturated heterocycles. The minimum Gasteiger partial charge on any atom is -0.397 e. The van der Waals surface area contributed by atoms with Crippen molar-refractivity contribution in [2.24, 2.45) is 0 Å². The van der Waals surface area contributed by atoms with Crippen LogP contribution in [0.2, 0.25) is 0 Å². The van der Waals surface area contributed by atoms with E-state index in [1.54, 1.807) is 13.2 Å². The largest absolute Gasteiger partial charge is 0.397 e. The minimum absolute atomic E-state index is 0.0210. The molecule has 5 N–H and O–H groups in total. The molecule has 0 bridgehead atoms. The summed E-state index contributed by atoms with van der Waals surface area (Å²) < 4.78 is 30.6. The molecule has 0 amide bonds. The number of nitrogens with two attached hydrogens (primary N) is 1. The summed E-state index contributed by atoms with van der Waals surface area (Å²) in [4.78, 5) is 0.105. The first-order chi connectivity index (χ1) is 9.44. The van der Waals surface area contributed by atoms with Gasteiger partial charge in [-0.3, -0.25) is 0 Å². The fourth-order valence-electron chi connectivity index (χ4n) is 1.73. The van der Waals surface area contributed by atoms with Gasteiger partial charge in [-0.05, 0) is 31.7 Å². The van der Waals surface area contributed by atoms with E-state index in [0.717, 1.165) is 0 Å². The third-order valence-corrected chi connectivity index (χ3v) is 4.22. The Kier molecular flexibility index (Phi) is 6.21. The van der Waals surface area contributed by atoms with Crippen LogP contribution in [0.15, 0.2) is 23.1 Å². The van der Waals surface area contributed by atoms with E-state index in [1.165, 1.54) is 19.2 Å². The van der Waals surface area contributed by atoms with Crippen molar-refractivity contribution in [3.63, 3.8) is 0 Å². The van der Waals surface area contributed by atoms with Gasteiger partial charge in [0.05, 0.1) is 28.9 Å². The van der Waals surface area contributed by atoms with Crippen LogP contribution in [0.5, 0.6) is 0 Å². The second-order valence-electron chi connectivity index (χ2n) is 4.27. The molecular weight excluding hydrogens is 282 g/mol. The molecule has 1 aromatic rings. The fourth-order valence-corrected chi connectivity index (χ4v) is 2.50. The molecule has 1 aromatic carbocycles. The molecule has 1 rings (SSSR count). The summed E-state index contributed by atoms with van der Waals surface area (Å²) in [5.41, 5.74) is 6.78. The van der Waals surface area contributed by atoms with Gasteiger partial charge in [0.15, 0.2) is 0 Å². The highest BCUT2D eigenvalue weighted by atomic mass is 32.2. The molecular formula is C12H21N3O4S. The molecule has 0 spiro atoms. The van der Waals surface area contributed by atoms with Gasteiger partial charge in [0.1, 0.15) is 0 Å². The maximum atomic E-state index is 11.7. The molecule has 8 heteroatoms. The Balaban J connectivity index is 2.93. The molecule has 0 saturated carbocycles. The van der Waals surface area contributed by atoms with Crippen LogP contribution in [0.4, 0.5) is 11.4 Å². The summed E-state index contributed by atoms with van der Waals surface area (Å²) in [5.74, 6) is 0. The van der Waals surface area contributed by atoms with Gasteiger partial charge in [-0.15, -0.1) is 0 Å². The van der Waals surface area contributed by atoms with Gasteiger partial charge < -0.3 is 20.9 Å². The summed E-state index contributed by atoms with van der Waals surface area (Å²) in [6.07, 6.45) is 0.504. The number of benzene rings is 1. The Morgan fingerprint density at radius 1 is 1.45 bits per heavy atom. The Morgan fingerprint density at radius 3 is 2.65 bits per heavy atom. The Labute approximate surface area is 119 Å². The van der Waals surface area contributed by atoms with E-state index < -0.39 is 10.0 Å². The predicted octanol–water partition coefficient (Wildman–Crippen LogP) is -0.0138. The number of methoxy groups -OCH3 is 1. The number of rotatable bonds is 8. The number of anilines is 2. The zero-order valence-corrected chi connectivity index (χ0v) is 12.4. The lowest BCUT2D eigenvalue weighted by atomic mass is 10.2. The third-order valence-electron chi connectivity index (χ3n) is 2.81. The smallest absolute Gasteiger partial charge is 0.240 e. The molecule has 1 unspecified atom stereocenters. The number of sulfonamides is 1. The number of nitrogen functional groups attached to an aromatic ring is 1. The van der Waals surface area contributed by atoms with E-state index in [4.69, 9.17) is 15.6 Å². The van der Waals surface area contributed by atoms with E-state index in [0.29, 0.717) is 24.4 Å². The molecule has 0 aliphatic carbocycles. The highest BCUT2D eigenvalue weighted by Crippen LogP contribution is 2.23. The minimum atomic E-state index is -3.51. The normalized spacial score (nSPS) is 13.2. The van der Waals surface area contributed by atoms with Crippen LogP contribution >= 0.6 is 0 Å². The molecule has 7 nitrogen and oxygen atoms in total. The first-order valence-electron chi connectivity index (χ1n) is 6.14. The zero-order valence-electron chi connectivity index (χ0n) is 11.6. The molecule has 0 fully saturated rings. The number of aliphatic hydroxyl groups is 1. The van der Waals surface area contributed by atoms with Gasteiger partial charge in [0, 0.05) is 13.7 Å². The van der Waals surface area contributed by atoms with E-state index in [2.05, 4.69) is 10.0 Å². The average Bonchev–Trinajstić information content (AvgIpc) is 2.41. The van der Waals surface area contributed by atoms with Crippen molar-refractivity contribution in [2.75, 3.05) is 38.4 Å². The molecule has 0 aliphatic rings. The van der Waals surface area contributed by atoms with Crippen molar-refractivity contribution in [1.82, 2.24) is 4.72 Å². The summed E-state index contributed by atoms with van der Waals surface area (Å²) in [6.45, 7) is 0.434. The van der Waals surface area contributed by atoms with Crippen LogP contribution in [0.25, 0.3) is 0 Å². The Bertz CT molecular complexity index is 528. The lowest BCUT2D eigenvalue weighted by Gasteiger charge is -2.19. The molecule has 114 valence electrons. The molecule has 20 heavy (non-hydrogen) atoms. The van der Waals surface area contributed by atoms with Gasteiger partial charge in [0.25, 0.3) is 0 Å². The van der Waals surface area contributed by atoms with Gasteiger partial charge in [-0.2, -0.15) is 0 Å². The first kappa shape index (κ1) is 16.7. The highest BCUT2D eigenvalue weighted by Gasteiger charge is 2.14. The van der Waals surface area contributed by atoms with Crippen LogP contribution in [0, 0.1) is 0 Å². The Morgan fingerprint density at radius 2 is 2.15 bits per heavy atom. The zero-order chi connectivity index (χ0) is 15.2. The standard InChI is InChI=1S/C12H21N3O4S/c1-14-20(17,18)10-3-4-12(11(13)7-10)15-9(5-6-16)8-19-2/h3-4,7,9,14-16H,5-6,8,13H2,1-2H3. The van der Waals surface area contributed by atoms with Crippen LogP contribution in [0.1, 0.15) is 6.42 Å². The van der Waals surface area contributed by atoms with Crippen LogP contribution in [0.3, 0.4) is 0 Å². The molecule has 1 atom stereocenters. The van der Waals surface area contributed by atoms with Gasteiger partial charge >= 0.3 is 0 Å². The van der Waals surface area contributed by atoms with E-state index in [1.807, 2.05) is 0 Å². The SMILES string of the molecule is CNS(=O)(=O)c1ccc(NC(CCO)COC)c(N)c1. The topological polar surface area (TPSA) is 114 Å². The van der Waals surface area contributed by atoms with Crippen molar-refractivity contribution >= 4 is 21.4 Å². The van der Waals surface area contributed by atoms with Gasteiger partial charge in [-0.25, -0.2) is 13.1 Å². The van der Waals surface area contributed by atoms with Crippen molar-refractivity contribution in [2.45, 2.75) is 17.4 Å². The lowest BCUT2D eigenvalue weighted by molar-refractivity contribution is 0.170. The third kappa shape index (κ3) is 4.34. The average molecular weight is 303 g/mol. The Hall–Kier alpha value is -1.35. The van der Waals surface area contributed by atoms with E-state index in [-0.39, 0.29) is 17.5 Å². The van der Waals surface area contributed by atoms with Crippen molar-refractivity contribution < 1.29 is 18.3 Å². The quantitative estimate of drug-likeness (QED) is 0.502. The fraction of sp³-hybridized carbons (Fsp3) is 0.500. The second-order valence-corrected chi connectivity index (χ2v) is 6.15. The number of ether oxygens (including phenoxy) is 1. The highest BCUT2D eigenvalue weighted by molar-refractivity contribution is 7.89. The number of aliphatic hydroxyl groups excluding tert-OH is 1. The molecule has 0 aromatic heterocycles. The second kappa shape index (κ2) is 7.44. The first-order valence-corrected chi connectivity index (χ1v) is 7.62. The lowest BCUT2D eigenvalue weighted by Crippen LogP contribution is -2.26. The van der Waals surface area contributed by atoms with Crippen molar-refractivity contribution in [3.8, 4) is 0 Å². The maximum absolute atomic E-state index is 11.7.